The summed E-state index contributed by atoms with van der Waals surface area (Å²) in [5.41, 5.74) is 0.0841. The number of carbonyl (C=O) groups excluding carboxylic acids is 1. The molecule has 3 nitrogen and oxygen atoms in total. The number of alkyl carbamates (subject to hydrolysis) is 1. The number of hydrogen-bond donors (Lipinski definition) is 1. The van der Waals surface area contributed by atoms with Crippen LogP contribution in [0.25, 0.3) is 0 Å². The molecule has 0 saturated heterocycles. The zero-order chi connectivity index (χ0) is 12.0. The van der Waals surface area contributed by atoms with Gasteiger partial charge < -0.3 is 10.1 Å². The van der Waals surface area contributed by atoms with Crippen LogP contribution in [0.5, 0.6) is 0 Å². The fourth-order valence-corrected chi connectivity index (χ4v) is 4.72. The summed E-state index contributed by atoms with van der Waals surface area (Å²) in [5.74, 6) is 2.58. The summed E-state index contributed by atoms with van der Waals surface area (Å²) in [4.78, 5) is 11.8. The van der Waals surface area contributed by atoms with Crippen molar-refractivity contribution in [1.29, 1.82) is 0 Å². The van der Waals surface area contributed by atoms with Gasteiger partial charge in [-0.05, 0) is 70.1 Å². The minimum Gasteiger partial charge on any atom is -0.447 e. The number of ether oxygens (including phenoxy) is 1. The van der Waals surface area contributed by atoms with Crippen LogP contribution in [0.3, 0.4) is 0 Å². The monoisotopic (exact) mass is 237 g/mol. The average Bonchev–Trinajstić information content (AvgIpc) is 2.11. The lowest BCUT2D eigenvalue weighted by Gasteiger charge is -2.56. The fraction of sp³-hybridized carbons (Fsp3) is 0.929. The molecule has 4 bridgehead atoms. The lowest BCUT2D eigenvalue weighted by molar-refractivity contribution is -0.0208. The van der Waals surface area contributed by atoms with Crippen molar-refractivity contribution in [3.8, 4) is 0 Å². The van der Waals surface area contributed by atoms with E-state index in [1.807, 2.05) is 13.8 Å². The summed E-state index contributed by atoms with van der Waals surface area (Å²) < 4.78 is 5.24. The van der Waals surface area contributed by atoms with Crippen molar-refractivity contribution < 1.29 is 9.53 Å². The average molecular weight is 237 g/mol. The molecule has 1 amide bonds. The minimum absolute atomic E-state index is 0.0242. The number of hydrogen-bond acceptors (Lipinski definition) is 2. The van der Waals surface area contributed by atoms with Gasteiger partial charge >= 0.3 is 6.09 Å². The Morgan fingerprint density at radius 3 is 2.00 bits per heavy atom. The lowest BCUT2D eigenvalue weighted by Crippen LogP contribution is -2.60. The van der Waals surface area contributed by atoms with E-state index < -0.39 is 0 Å². The third-order valence-electron chi connectivity index (χ3n) is 4.75. The first kappa shape index (κ1) is 11.4. The molecule has 4 fully saturated rings. The first-order valence-electron chi connectivity index (χ1n) is 7.03. The Balaban J connectivity index is 1.68. The predicted molar refractivity (Wildman–Crippen MR) is 65.7 cm³/mol. The Kier molecular flexibility index (Phi) is 2.60. The second kappa shape index (κ2) is 3.89. The summed E-state index contributed by atoms with van der Waals surface area (Å²) in [6.45, 7) is 3.80. The van der Waals surface area contributed by atoms with Crippen LogP contribution in [0.2, 0.25) is 0 Å². The second-order valence-electron chi connectivity index (χ2n) is 6.78. The van der Waals surface area contributed by atoms with E-state index in [-0.39, 0.29) is 17.7 Å². The molecule has 0 aromatic rings. The molecule has 0 atom stereocenters. The molecule has 0 aromatic carbocycles. The number of carbonyl (C=O) groups is 1. The second-order valence-corrected chi connectivity index (χ2v) is 6.78. The Hall–Kier alpha value is -0.730. The van der Waals surface area contributed by atoms with Gasteiger partial charge in [0.15, 0.2) is 0 Å². The highest BCUT2D eigenvalue weighted by molar-refractivity contribution is 5.68. The van der Waals surface area contributed by atoms with Gasteiger partial charge in [-0.3, -0.25) is 0 Å². The molecular formula is C14H23NO2. The van der Waals surface area contributed by atoms with E-state index in [1.165, 1.54) is 38.5 Å². The molecule has 0 radical (unpaired) electrons. The van der Waals surface area contributed by atoms with Gasteiger partial charge in [0.1, 0.15) is 0 Å². The molecule has 0 spiro atoms. The predicted octanol–water partition coefficient (Wildman–Crippen LogP) is 3.09. The summed E-state index contributed by atoms with van der Waals surface area (Å²) in [5, 5.41) is 3.19. The smallest absolute Gasteiger partial charge is 0.407 e. The number of rotatable bonds is 2. The Bertz CT molecular complexity index is 289. The molecule has 0 heterocycles. The number of nitrogens with one attached hydrogen (secondary N) is 1. The van der Waals surface area contributed by atoms with Gasteiger partial charge in [0.05, 0.1) is 6.10 Å². The maximum absolute atomic E-state index is 11.8. The van der Waals surface area contributed by atoms with E-state index in [1.54, 1.807) is 0 Å². The van der Waals surface area contributed by atoms with E-state index >= 15 is 0 Å². The molecule has 4 rings (SSSR count). The molecule has 0 aliphatic heterocycles. The van der Waals surface area contributed by atoms with Crippen LogP contribution in [0.1, 0.15) is 52.4 Å². The quantitative estimate of drug-likeness (QED) is 0.801. The van der Waals surface area contributed by atoms with Gasteiger partial charge in [-0.15, -0.1) is 0 Å². The van der Waals surface area contributed by atoms with Gasteiger partial charge in [0.2, 0.25) is 0 Å². The highest BCUT2D eigenvalue weighted by Gasteiger charge is 2.51. The van der Waals surface area contributed by atoms with Crippen LogP contribution in [-0.4, -0.2) is 17.7 Å². The van der Waals surface area contributed by atoms with Crippen LogP contribution >= 0.6 is 0 Å². The molecule has 4 aliphatic carbocycles. The van der Waals surface area contributed by atoms with Crippen LogP contribution in [-0.2, 0) is 4.74 Å². The van der Waals surface area contributed by atoms with Gasteiger partial charge in [0.25, 0.3) is 0 Å². The lowest BCUT2D eigenvalue weighted by atomic mass is 9.53. The topological polar surface area (TPSA) is 38.3 Å². The van der Waals surface area contributed by atoms with Gasteiger partial charge in [-0.1, -0.05) is 0 Å². The standard InChI is InChI=1S/C14H23NO2/c1-9(2)17-13(16)15-14-6-10-3-11(7-14)5-12(4-10)8-14/h9-12H,3-8H2,1-2H3,(H,15,16)/t10-,11-,12-,14?. The van der Waals surface area contributed by atoms with E-state index in [0.717, 1.165) is 17.8 Å². The highest BCUT2D eigenvalue weighted by Crippen LogP contribution is 2.55. The molecule has 4 aliphatic rings. The third-order valence-corrected chi connectivity index (χ3v) is 4.75. The third kappa shape index (κ3) is 2.16. The van der Waals surface area contributed by atoms with Gasteiger partial charge in [0, 0.05) is 5.54 Å². The molecule has 96 valence electrons. The maximum Gasteiger partial charge on any atom is 0.407 e. The largest absolute Gasteiger partial charge is 0.447 e. The van der Waals surface area contributed by atoms with Crippen molar-refractivity contribution in [2.24, 2.45) is 17.8 Å². The summed E-state index contributed by atoms with van der Waals surface area (Å²) in [7, 11) is 0. The summed E-state index contributed by atoms with van der Waals surface area (Å²) in [6, 6.07) is 0. The van der Waals surface area contributed by atoms with Crippen molar-refractivity contribution in [2.75, 3.05) is 0 Å². The van der Waals surface area contributed by atoms with E-state index in [2.05, 4.69) is 5.32 Å². The normalized spacial score (nSPS) is 42.9. The Labute approximate surface area is 103 Å². The SMILES string of the molecule is CC(C)OC(=O)NC12C[C@H]3C[C@H](C1)C[C@@H](C2)C3. The van der Waals surface area contributed by atoms with Crippen molar-refractivity contribution in [3.05, 3.63) is 0 Å². The first-order chi connectivity index (χ1) is 8.05. The molecule has 0 aromatic heterocycles. The molecule has 0 unspecified atom stereocenters. The van der Waals surface area contributed by atoms with Crippen molar-refractivity contribution in [3.63, 3.8) is 0 Å². The van der Waals surface area contributed by atoms with Crippen LogP contribution in [0.4, 0.5) is 4.79 Å². The van der Waals surface area contributed by atoms with E-state index in [4.69, 9.17) is 4.74 Å². The van der Waals surface area contributed by atoms with Gasteiger partial charge in [-0.25, -0.2) is 4.79 Å². The fourth-order valence-electron chi connectivity index (χ4n) is 4.72. The molecule has 4 saturated carbocycles. The molecule has 3 heteroatoms. The van der Waals surface area contributed by atoms with Crippen LogP contribution in [0, 0.1) is 17.8 Å². The Morgan fingerprint density at radius 2 is 1.59 bits per heavy atom. The molecule has 1 N–H and O–H groups in total. The van der Waals surface area contributed by atoms with E-state index in [0.29, 0.717) is 0 Å². The zero-order valence-corrected chi connectivity index (χ0v) is 10.9. The van der Waals surface area contributed by atoms with Crippen molar-refractivity contribution in [2.45, 2.75) is 64.0 Å². The number of amides is 1. The highest BCUT2D eigenvalue weighted by atomic mass is 16.6. The minimum atomic E-state index is -0.207. The van der Waals surface area contributed by atoms with Crippen molar-refractivity contribution >= 4 is 6.09 Å². The van der Waals surface area contributed by atoms with E-state index in [9.17, 15) is 4.79 Å². The van der Waals surface area contributed by atoms with Gasteiger partial charge in [-0.2, -0.15) is 0 Å². The zero-order valence-electron chi connectivity index (χ0n) is 10.9. The molecule has 17 heavy (non-hydrogen) atoms. The summed E-state index contributed by atoms with van der Waals surface area (Å²) >= 11 is 0. The summed E-state index contributed by atoms with van der Waals surface area (Å²) in [6.07, 6.45) is 7.54. The Morgan fingerprint density at radius 1 is 1.12 bits per heavy atom. The molecular weight excluding hydrogens is 214 g/mol. The van der Waals surface area contributed by atoms with Crippen molar-refractivity contribution in [1.82, 2.24) is 5.32 Å². The first-order valence-corrected chi connectivity index (χ1v) is 7.03. The van der Waals surface area contributed by atoms with Crippen LogP contribution < -0.4 is 5.32 Å². The van der Waals surface area contributed by atoms with Crippen LogP contribution in [0.15, 0.2) is 0 Å². The maximum atomic E-state index is 11.8.